The molecule has 2 aromatic rings. The highest BCUT2D eigenvalue weighted by Crippen LogP contribution is 2.44. The van der Waals surface area contributed by atoms with Gasteiger partial charge in [-0.1, -0.05) is 35.3 Å². The molecule has 4 rings (SSSR count). The molecule has 1 unspecified atom stereocenters. The van der Waals surface area contributed by atoms with Gasteiger partial charge in [0.1, 0.15) is 11.3 Å². The van der Waals surface area contributed by atoms with Crippen molar-refractivity contribution in [2.45, 2.75) is 31.7 Å². The summed E-state index contributed by atoms with van der Waals surface area (Å²) in [5.41, 5.74) is 1.77. The SMILES string of the molecule is CC(=O)C1(CN2CCCC2)c2cccc(O)c2CCN1c1ccc(Cl)c(Cl)c1. The zero-order valence-corrected chi connectivity index (χ0v) is 17.4. The van der Waals surface area contributed by atoms with E-state index in [0.29, 0.717) is 29.6 Å². The van der Waals surface area contributed by atoms with Gasteiger partial charge in [0.2, 0.25) is 0 Å². The van der Waals surface area contributed by atoms with Crippen LogP contribution in [0.5, 0.6) is 5.75 Å². The number of aromatic hydroxyl groups is 1. The summed E-state index contributed by atoms with van der Waals surface area (Å²) in [6, 6.07) is 11.0. The van der Waals surface area contributed by atoms with Gasteiger partial charge in [-0.15, -0.1) is 0 Å². The number of benzene rings is 2. The number of phenolic OH excluding ortho intramolecular Hbond substituents is 1. The predicted octanol–water partition coefficient (Wildman–Crippen LogP) is 4.64. The third-order valence-electron chi connectivity index (χ3n) is 6.09. The van der Waals surface area contributed by atoms with Gasteiger partial charge in [0.25, 0.3) is 0 Å². The molecule has 1 fully saturated rings. The summed E-state index contributed by atoms with van der Waals surface area (Å²) in [5, 5.41) is 11.5. The molecule has 0 aliphatic carbocycles. The third kappa shape index (κ3) is 3.18. The van der Waals surface area contributed by atoms with Crippen molar-refractivity contribution in [1.29, 1.82) is 0 Å². The molecule has 0 saturated carbocycles. The number of carbonyl (C=O) groups excluding carboxylic acids is 1. The van der Waals surface area contributed by atoms with Gasteiger partial charge in [-0.05, 0) is 69.1 Å². The second kappa shape index (κ2) is 7.58. The van der Waals surface area contributed by atoms with Gasteiger partial charge >= 0.3 is 0 Å². The number of Topliss-reactive ketones (excluding diaryl/α,β-unsaturated/α-hetero) is 1. The van der Waals surface area contributed by atoms with Crippen LogP contribution in [0.1, 0.15) is 30.9 Å². The molecular weight excluding hydrogens is 395 g/mol. The maximum Gasteiger partial charge on any atom is 0.161 e. The molecule has 0 amide bonds. The molecule has 0 bridgehead atoms. The Kier molecular flexibility index (Phi) is 5.30. The number of ketones is 1. The highest BCUT2D eigenvalue weighted by atomic mass is 35.5. The number of anilines is 1. The molecule has 1 atom stereocenters. The van der Waals surface area contributed by atoms with Crippen LogP contribution in [0.25, 0.3) is 0 Å². The minimum Gasteiger partial charge on any atom is -0.508 e. The number of fused-ring (bicyclic) bond motifs is 1. The fraction of sp³-hybridized carbons (Fsp3) is 0.409. The number of halogens is 2. The Morgan fingerprint density at radius 2 is 1.86 bits per heavy atom. The van der Waals surface area contributed by atoms with E-state index in [9.17, 15) is 9.90 Å². The summed E-state index contributed by atoms with van der Waals surface area (Å²) in [6.07, 6.45) is 2.96. The first-order valence-electron chi connectivity index (χ1n) is 9.71. The third-order valence-corrected chi connectivity index (χ3v) is 6.83. The Labute approximate surface area is 175 Å². The van der Waals surface area contributed by atoms with Gasteiger partial charge in [0.05, 0.1) is 10.0 Å². The summed E-state index contributed by atoms with van der Waals surface area (Å²) >= 11 is 12.4. The fourth-order valence-corrected chi connectivity index (χ4v) is 5.01. The largest absolute Gasteiger partial charge is 0.508 e. The first-order valence-corrected chi connectivity index (χ1v) is 10.5. The van der Waals surface area contributed by atoms with Crippen molar-refractivity contribution in [3.05, 3.63) is 57.6 Å². The Bertz CT molecular complexity index is 911. The lowest BCUT2D eigenvalue weighted by atomic mass is 9.76. The van der Waals surface area contributed by atoms with Crippen molar-refractivity contribution in [3.8, 4) is 5.75 Å². The fourth-order valence-electron chi connectivity index (χ4n) is 4.71. The van der Waals surface area contributed by atoms with Gasteiger partial charge in [-0.3, -0.25) is 4.79 Å². The quantitative estimate of drug-likeness (QED) is 0.784. The second-order valence-electron chi connectivity index (χ2n) is 7.70. The molecule has 148 valence electrons. The lowest BCUT2D eigenvalue weighted by Crippen LogP contribution is -2.60. The van der Waals surface area contributed by atoms with Crippen LogP contribution < -0.4 is 4.90 Å². The van der Waals surface area contributed by atoms with Gasteiger partial charge in [0.15, 0.2) is 5.78 Å². The molecule has 28 heavy (non-hydrogen) atoms. The van der Waals surface area contributed by atoms with E-state index in [0.717, 1.165) is 42.7 Å². The maximum absolute atomic E-state index is 13.3. The van der Waals surface area contributed by atoms with Crippen molar-refractivity contribution in [3.63, 3.8) is 0 Å². The first-order chi connectivity index (χ1) is 13.4. The molecule has 2 aromatic carbocycles. The van der Waals surface area contributed by atoms with Gasteiger partial charge in [-0.2, -0.15) is 0 Å². The minimum absolute atomic E-state index is 0.0667. The zero-order valence-electron chi connectivity index (χ0n) is 15.9. The molecular formula is C22H24Cl2N2O2. The van der Waals surface area contributed by atoms with Gasteiger partial charge in [-0.25, -0.2) is 0 Å². The summed E-state index contributed by atoms with van der Waals surface area (Å²) in [5.74, 6) is 0.329. The Hall–Kier alpha value is -1.75. The van der Waals surface area contributed by atoms with E-state index in [1.807, 2.05) is 24.3 Å². The number of hydrogen-bond acceptors (Lipinski definition) is 4. The molecule has 6 heteroatoms. The van der Waals surface area contributed by atoms with E-state index < -0.39 is 5.54 Å². The second-order valence-corrected chi connectivity index (χ2v) is 8.52. The topological polar surface area (TPSA) is 43.8 Å². The number of hydrogen-bond donors (Lipinski definition) is 1. The van der Waals surface area contributed by atoms with Crippen LogP contribution in [-0.2, 0) is 16.8 Å². The Morgan fingerprint density at radius 1 is 1.11 bits per heavy atom. The van der Waals surface area contributed by atoms with E-state index in [-0.39, 0.29) is 11.5 Å². The molecule has 2 aliphatic rings. The van der Waals surface area contributed by atoms with Crippen LogP contribution in [0.15, 0.2) is 36.4 Å². The maximum atomic E-state index is 13.3. The molecule has 0 spiro atoms. The molecule has 4 nitrogen and oxygen atoms in total. The van der Waals surface area contributed by atoms with Crippen molar-refractivity contribution in [2.75, 3.05) is 31.1 Å². The zero-order chi connectivity index (χ0) is 19.9. The van der Waals surface area contributed by atoms with Crippen molar-refractivity contribution in [2.24, 2.45) is 0 Å². The van der Waals surface area contributed by atoms with E-state index in [2.05, 4.69) is 9.80 Å². The smallest absolute Gasteiger partial charge is 0.161 e. The number of likely N-dealkylation sites (tertiary alicyclic amines) is 1. The number of carbonyl (C=O) groups is 1. The van der Waals surface area contributed by atoms with E-state index in [4.69, 9.17) is 23.2 Å². The summed E-state index contributed by atoms with van der Waals surface area (Å²) in [4.78, 5) is 17.8. The van der Waals surface area contributed by atoms with Crippen LogP contribution in [0.2, 0.25) is 10.0 Å². The van der Waals surface area contributed by atoms with E-state index >= 15 is 0 Å². The average Bonchev–Trinajstić information content (AvgIpc) is 3.17. The van der Waals surface area contributed by atoms with Crippen LogP contribution in [0.3, 0.4) is 0 Å². The predicted molar refractivity (Wildman–Crippen MR) is 114 cm³/mol. The molecule has 1 N–H and O–H groups in total. The number of phenols is 1. The highest BCUT2D eigenvalue weighted by molar-refractivity contribution is 6.42. The van der Waals surface area contributed by atoms with Crippen LogP contribution in [0, 0.1) is 0 Å². The lowest BCUT2D eigenvalue weighted by Gasteiger charge is -2.49. The molecule has 2 heterocycles. The molecule has 0 radical (unpaired) electrons. The molecule has 2 aliphatic heterocycles. The normalized spacial score (nSPS) is 22.3. The Morgan fingerprint density at radius 3 is 2.54 bits per heavy atom. The van der Waals surface area contributed by atoms with E-state index in [1.54, 1.807) is 19.1 Å². The number of nitrogens with zero attached hydrogens (tertiary/aromatic N) is 2. The monoisotopic (exact) mass is 418 g/mol. The molecule has 1 saturated heterocycles. The van der Waals surface area contributed by atoms with E-state index in [1.165, 1.54) is 0 Å². The van der Waals surface area contributed by atoms with Crippen LogP contribution >= 0.6 is 23.2 Å². The van der Waals surface area contributed by atoms with Crippen molar-refractivity contribution >= 4 is 34.7 Å². The summed E-state index contributed by atoms with van der Waals surface area (Å²) < 4.78 is 0. The first kappa shape index (κ1) is 19.6. The standard InChI is InChI=1S/C22H24Cl2N2O2/c1-15(27)22(14-25-10-2-3-11-25)18-5-4-6-21(28)17(18)9-12-26(22)16-7-8-19(23)20(24)13-16/h4-8,13,28H,2-3,9-12,14H2,1H3. The van der Waals surface area contributed by atoms with Gasteiger partial charge in [0, 0.05) is 24.3 Å². The summed E-state index contributed by atoms with van der Waals surface area (Å²) in [6.45, 7) is 4.84. The minimum atomic E-state index is -0.867. The average molecular weight is 419 g/mol. The van der Waals surface area contributed by atoms with Crippen LogP contribution in [0.4, 0.5) is 5.69 Å². The van der Waals surface area contributed by atoms with Gasteiger partial charge < -0.3 is 14.9 Å². The van der Waals surface area contributed by atoms with Crippen molar-refractivity contribution < 1.29 is 9.90 Å². The lowest BCUT2D eigenvalue weighted by molar-refractivity contribution is -0.123. The van der Waals surface area contributed by atoms with Crippen molar-refractivity contribution in [1.82, 2.24) is 4.90 Å². The highest BCUT2D eigenvalue weighted by Gasteiger charge is 2.49. The number of rotatable bonds is 4. The summed E-state index contributed by atoms with van der Waals surface area (Å²) in [7, 11) is 0. The van der Waals surface area contributed by atoms with Crippen LogP contribution in [-0.4, -0.2) is 42.0 Å². The molecule has 0 aromatic heterocycles. The Balaban J connectivity index is 1.90.